The van der Waals surface area contributed by atoms with Gasteiger partial charge in [0.15, 0.2) is 0 Å². The van der Waals surface area contributed by atoms with Crippen molar-refractivity contribution < 1.29 is 0 Å². The average Bonchev–Trinajstić information content (AvgIpc) is 2.43. The Morgan fingerprint density at radius 3 is 2.30 bits per heavy atom. The van der Waals surface area contributed by atoms with Crippen LogP contribution >= 0.6 is 0 Å². The Hall–Kier alpha value is -0.0400. The van der Waals surface area contributed by atoms with Crippen LogP contribution in [0, 0.1) is 17.8 Å². The third-order valence-electron chi connectivity index (χ3n) is 2.43. The molecule has 0 bridgehead atoms. The number of nitrogens with zero attached hydrogens (tertiary/aromatic N) is 1. The van der Waals surface area contributed by atoms with Gasteiger partial charge in [0.25, 0.3) is 0 Å². The average molecular weight is 141 g/mol. The summed E-state index contributed by atoms with van der Waals surface area (Å²) in [5.74, 6) is 2.95. The topological polar surface area (TPSA) is 3.24 Å². The van der Waals surface area contributed by atoms with Crippen molar-refractivity contribution in [3.8, 4) is 0 Å². The van der Waals surface area contributed by atoms with Crippen molar-refractivity contribution in [3.63, 3.8) is 0 Å². The van der Waals surface area contributed by atoms with E-state index in [2.05, 4.69) is 32.8 Å². The van der Waals surface area contributed by atoms with Gasteiger partial charge in [0.1, 0.15) is 0 Å². The highest BCUT2D eigenvalue weighted by Crippen LogP contribution is 2.44. The molecular weight excluding hydrogens is 122 g/mol. The van der Waals surface area contributed by atoms with Crippen LogP contribution in [-0.2, 0) is 0 Å². The minimum atomic E-state index is 0.907. The van der Waals surface area contributed by atoms with E-state index in [0.717, 1.165) is 17.8 Å². The molecule has 10 heavy (non-hydrogen) atoms. The molecular formula is C9H19N. The van der Waals surface area contributed by atoms with Gasteiger partial charge in [-0.25, -0.2) is 0 Å². The number of hydrogen-bond donors (Lipinski definition) is 0. The van der Waals surface area contributed by atoms with Crippen molar-refractivity contribution in [2.24, 2.45) is 17.8 Å². The fraction of sp³-hybridized carbons (Fsp3) is 1.00. The monoisotopic (exact) mass is 141 g/mol. The summed E-state index contributed by atoms with van der Waals surface area (Å²) in [5, 5.41) is 0. The standard InChI is InChI=1S/C9H19N/c1-7(2)9-5-8(9)6-10(3)4/h7-9H,5-6H2,1-4H3/t8-,9?/m1/s1. The zero-order chi connectivity index (χ0) is 7.72. The Bertz CT molecular complexity index is 107. The Labute approximate surface area is 64.4 Å². The molecule has 1 heteroatoms. The number of hydrogen-bond acceptors (Lipinski definition) is 1. The van der Waals surface area contributed by atoms with E-state index in [0.29, 0.717) is 0 Å². The van der Waals surface area contributed by atoms with E-state index >= 15 is 0 Å². The fourth-order valence-electron chi connectivity index (χ4n) is 1.77. The summed E-state index contributed by atoms with van der Waals surface area (Å²) in [6, 6.07) is 0. The van der Waals surface area contributed by atoms with E-state index in [9.17, 15) is 0 Å². The van der Waals surface area contributed by atoms with Gasteiger partial charge in [0.05, 0.1) is 0 Å². The van der Waals surface area contributed by atoms with Gasteiger partial charge in [0.2, 0.25) is 0 Å². The zero-order valence-corrected chi connectivity index (χ0v) is 7.59. The van der Waals surface area contributed by atoms with Gasteiger partial charge < -0.3 is 4.90 Å². The molecule has 1 saturated carbocycles. The zero-order valence-electron chi connectivity index (χ0n) is 7.59. The normalized spacial score (nSPS) is 31.8. The van der Waals surface area contributed by atoms with Gasteiger partial charge in [-0.1, -0.05) is 13.8 Å². The lowest BCUT2D eigenvalue weighted by Crippen LogP contribution is -2.16. The summed E-state index contributed by atoms with van der Waals surface area (Å²) in [7, 11) is 4.32. The second kappa shape index (κ2) is 2.91. The third kappa shape index (κ3) is 1.98. The highest BCUT2D eigenvalue weighted by atomic mass is 15.1. The van der Waals surface area contributed by atoms with E-state index in [1.54, 1.807) is 0 Å². The van der Waals surface area contributed by atoms with Crippen molar-refractivity contribution in [2.45, 2.75) is 20.3 Å². The van der Waals surface area contributed by atoms with Gasteiger partial charge in [-0.3, -0.25) is 0 Å². The second-order valence-corrected chi connectivity index (χ2v) is 4.17. The van der Waals surface area contributed by atoms with Gasteiger partial charge in [-0.05, 0) is 38.3 Å². The van der Waals surface area contributed by atoms with Crippen LogP contribution in [0.1, 0.15) is 20.3 Å². The molecule has 0 N–H and O–H groups in total. The van der Waals surface area contributed by atoms with Crippen LogP contribution in [0.5, 0.6) is 0 Å². The minimum absolute atomic E-state index is 0.907. The van der Waals surface area contributed by atoms with Crippen LogP contribution in [-0.4, -0.2) is 25.5 Å². The van der Waals surface area contributed by atoms with Crippen LogP contribution in [0.2, 0.25) is 0 Å². The first-order valence-electron chi connectivity index (χ1n) is 4.26. The van der Waals surface area contributed by atoms with Crippen molar-refractivity contribution >= 4 is 0 Å². The molecule has 0 aliphatic heterocycles. The number of rotatable bonds is 3. The van der Waals surface area contributed by atoms with E-state index < -0.39 is 0 Å². The Morgan fingerprint density at radius 2 is 2.00 bits per heavy atom. The predicted octanol–water partition coefficient (Wildman–Crippen LogP) is 1.84. The Kier molecular flexibility index (Phi) is 2.35. The van der Waals surface area contributed by atoms with Crippen LogP contribution in [0.3, 0.4) is 0 Å². The molecule has 0 heterocycles. The molecule has 1 fully saturated rings. The van der Waals surface area contributed by atoms with E-state index in [4.69, 9.17) is 0 Å². The molecule has 1 unspecified atom stereocenters. The molecule has 0 saturated heterocycles. The smallest absolute Gasteiger partial charge is 0.000641 e. The lowest BCUT2D eigenvalue weighted by Gasteiger charge is -2.09. The summed E-state index contributed by atoms with van der Waals surface area (Å²) in [5.41, 5.74) is 0. The van der Waals surface area contributed by atoms with Crippen molar-refractivity contribution in [2.75, 3.05) is 20.6 Å². The summed E-state index contributed by atoms with van der Waals surface area (Å²) in [6.45, 7) is 5.96. The van der Waals surface area contributed by atoms with Crippen LogP contribution in [0.25, 0.3) is 0 Å². The van der Waals surface area contributed by atoms with Crippen molar-refractivity contribution in [1.82, 2.24) is 4.90 Å². The van der Waals surface area contributed by atoms with Crippen LogP contribution < -0.4 is 0 Å². The Balaban J connectivity index is 2.13. The largest absolute Gasteiger partial charge is 0.309 e. The summed E-state index contributed by atoms with van der Waals surface area (Å²) in [4.78, 5) is 2.30. The first-order valence-corrected chi connectivity index (χ1v) is 4.26. The van der Waals surface area contributed by atoms with Gasteiger partial charge in [0, 0.05) is 6.54 Å². The predicted molar refractivity (Wildman–Crippen MR) is 45.0 cm³/mol. The first-order chi connectivity index (χ1) is 4.61. The van der Waals surface area contributed by atoms with Crippen LogP contribution in [0.15, 0.2) is 0 Å². The summed E-state index contributed by atoms with van der Waals surface area (Å²) in [6.07, 6.45) is 1.47. The molecule has 0 spiro atoms. The minimum Gasteiger partial charge on any atom is -0.309 e. The molecule has 60 valence electrons. The highest BCUT2D eigenvalue weighted by Gasteiger charge is 2.38. The first kappa shape index (κ1) is 8.06. The van der Waals surface area contributed by atoms with E-state index in [1.165, 1.54) is 13.0 Å². The molecule has 1 aliphatic carbocycles. The maximum atomic E-state index is 2.33. The Morgan fingerprint density at radius 1 is 1.40 bits per heavy atom. The van der Waals surface area contributed by atoms with Crippen molar-refractivity contribution in [1.29, 1.82) is 0 Å². The quantitative estimate of drug-likeness (QED) is 0.579. The fourth-order valence-corrected chi connectivity index (χ4v) is 1.77. The molecule has 0 aromatic carbocycles. The highest BCUT2D eigenvalue weighted by molar-refractivity contribution is 4.89. The molecule has 0 amide bonds. The molecule has 0 aromatic rings. The van der Waals surface area contributed by atoms with Crippen LogP contribution in [0.4, 0.5) is 0 Å². The maximum absolute atomic E-state index is 2.33. The van der Waals surface area contributed by atoms with E-state index in [-0.39, 0.29) is 0 Å². The molecule has 2 atom stereocenters. The van der Waals surface area contributed by atoms with Crippen molar-refractivity contribution in [3.05, 3.63) is 0 Å². The van der Waals surface area contributed by atoms with Gasteiger partial charge >= 0.3 is 0 Å². The molecule has 1 aliphatic rings. The molecule has 1 rings (SSSR count). The summed E-state index contributed by atoms with van der Waals surface area (Å²) < 4.78 is 0. The third-order valence-corrected chi connectivity index (χ3v) is 2.43. The maximum Gasteiger partial charge on any atom is 0.000641 e. The van der Waals surface area contributed by atoms with Gasteiger partial charge in [-0.2, -0.15) is 0 Å². The lowest BCUT2D eigenvalue weighted by molar-refractivity contribution is 0.364. The molecule has 0 radical (unpaired) electrons. The van der Waals surface area contributed by atoms with Gasteiger partial charge in [-0.15, -0.1) is 0 Å². The lowest BCUT2D eigenvalue weighted by atomic mass is 10.1. The molecule has 1 nitrogen and oxygen atoms in total. The summed E-state index contributed by atoms with van der Waals surface area (Å²) >= 11 is 0. The second-order valence-electron chi connectivity index (χ2n) is 4.17. The SMILES string of the molecule is CC(C)C1C[C@@H]1CN(C)C. The molecule has 0 aromatic heterocycles. The van der Waals surface area contributed by atoms with E-state index in [1.807, 2.05) is 0 Å².